The average Bonchev–Trinajstić information content (AvgIpc) is 2.99. The monoisotopic (exact) mass is 301 g/mol. The molecule has 0 saturated heterocycles. The maximum absolute atomic E-state index is 12.5. The highest BCUT2D eigenvalue weighted by atomic mass is 16.5. The van der Waals surface area contributed by atoms with Gasteiger partial charge in [-0.25, -0.2) is 4.98 Å². The molecule has 1 saturated carbocycles. The van der Waals surface area contributed by atoms with Gasteiger partial charge in [-0.2, -0.15) is 0 Å². The van der Waals surface area contributed by atoms with Crippen molar-refractivity contribution in [2.45, 2.75) is 45.3 Å². The number of rotatable bonds is 5. The summed E-state index contributed by atoms with van der Waals surface area (Å²) in [6.07, 6.45) is 4.78. The minimum absolute atomic E-state index is 0.0256. The Morgan fingerprint density at radius 2 is 2.23 bits per heavy atom. The molecule has 1 aliphatic carbocycles. The molecule has 22 heavy (non-hydrogen) atoms. The molecule has 0 bridgehead atoms. The third-order valence-corrected chi connectivity index (χ3v) is 5.37. The topological polar surface area (TPSA) is 67.0 Å². The first-order valence-corrected chi connectivity index (χ1v) is 7.91. The number of amides is 1. The average molecular weight is 301 g/mol. The van der Waals surface area contributed by atoms with Gasteiger partial charge in [-0.3, -0.25) is 4.79 Å². The number of H-pyrrole nitrogens is 1. The Hall–Kier alpha value is -1.88. The number of benzene rings is 1. The second kappa shape index (κ2) is 5.72. The Morgan fingerprint density at radius 3 is 2.91 bits per heavy atom. The Balaban J connectivity index is 1.76. The van der Waals surface area contributed by atoms with Crippen molar-refractivity contribution < 1.29 is 9.53 Å². The maximum Gasteiger partial charge on any atom is 0.251 e. The van der Waals surface area contributed by atoms with E-state index in [1.165, 1.54) is 0 Å². The van der Waals surface area contributed by atoms with Crippen LogP contribution in [0, 0.1) is 5.41 Å². The van der Waals surface area contributed by atoms with Crippen LogP contribution in [-0.4, -0.2) is 35.1 Å². The van der Waals surface area contributed by atoms with Crippen molar-refractivity contribution in [1.29, 1.82) is 0 Å². The molecule has 2 unspecified atom stereocenters. The van der Waals surface area contributed by atoms with E-state index in [9.17, 15) is 4.79 Å². The first kappa shape index (κ1) is 15.0. The van der Waals surface area contributed by atoms with Crippen molar-refractivity contribution in [3.05, 3.63) is 30.1 Å². The lowest BCUT2D eigenvalue weighted by Crippen LogP contribution is -2.64. The fraction of sp³-hybridized carbons (Fsp3) is 0.529. The molecule has 0 aliphatic heterocycles. The van der Waals surface area contributed by atoms with Gasteiger partial charge in [-0.05, 0) is 37.5 Å². The number of aromatic nitrogens is 2. The summed E-state index contributed by atoms with van der Waals surface area (Å²) in [6, 6.07) is 5.72. The number of nitrogens with one attached hydrogen (secondary N) is 2. The van der Waals surface area contributed by atoms with Crippen LogP contribution < -0.4 is 5.32 Å². The van der Waals surface area contributed by atoms with E-state index in [4.69, 9.17) is 4.74 Å². The predicted molar refractivity (Wildman–Crippen MR) is 85.8 cm³/mol. The maximum atomic E-state index is 12.5. The summed E-state index contributed by atoms with van der Waals surface area (Å²) in [5.74, 6) is -0.0256. The van der Waals surface area contributed by atoms with Crippen molar-refractivity contribution in [1.82, 2.24) is 15.3 Å². The third kappa shape index (κ3) is 2.20. The molecule has 3 rings (SSSR count). The molecule has 1 fully saturated rings. The van der Waals surface area contributed by atoms with Crippen molar-refractivity contribution in [2.24, 2.45) is 5.41 Å². The van der Waals surface area contributed by atoms with Crippen LogP contribution in [0.1, 0.15) is 43.5 Å². The summed E-state index contributed by atoms with van der Waals surface area (Å²) >= 11 is 0. The van der Waals surface area contributed by atoms with Gasteiger partial charge in [0.2, 0.25) is 0 Å². The molecular formula is C17H23N3O2. The van der Waals surface area contributed by atoms with Gasteiger partial charge in [0.15, 0.2) is 0 Å². The molecular weight excluding hydrogens is 278 g/mol. The third-order valence-electron chi connectivity index (χ3n) is 5.37. The molecule has 0 spiro atoms. The van der Waals surface area contributed by atoms with E-state index >= 15 is 0 Å². The molecule has 1 aromatic carbocycles. The van der Waals surface area contributed by atoms with Crippen LogP contribution >= 0.6 is 0 Å². The zero-order valence-corrected chi connectivity index (χ0v) is 13.3. The zero-order valence-electron chi connectivity index (χ0n) is 13.3. The first-order valence-electron chi connectivity index (χ1n) is 7.91. The first-order chi connectivity index (χ1) is 10.6. The Kier molecular flexibility index (Phi) is 3.91. The number of hydrogen-bond acceptors (Lipinski definition) is 3. The van der Waals surface area contributed by atoms with Gasteiger partial charge in [0.25, 0.3) is 5.91 Å². The van der Waals surface area contributed by atoms with Crippen LogP contribution in [0.5, 0.6) is 0 Å². The molecule has 5 heteroatoms. The van der Waals surface area contributed by atoms with Gasteiger partial charge < -0.3 is 15.0 Å². The SMILES string of the molecule is CCC1(CC)C(NC(=O)c2ccc3nc[nH]c3c2)CC1OC. The van der Waals surface area contributed by atoms with Gasteiger partial charge in [-0.1, -0.05) is 13.8 Å². The van der Waals surface area contributed by atoms with Crippen molar-refractivity contribution in [3.8, 4) is 0 Å². The smallest absolute Gasteiger partial charge is 0.251 e. The van der Waals surface area contributed by atoms with Gasteiger partial charge in [0.05, 0.1) is 23.5 Å². The van der Waals surface area contributed by atoms with E-state index in [0.29, 0.717) is 5.56 Å². The number of aromatic amines is 1. The standard InChI is InChI=1S/C17H23N3O2/c1-4-17(5-2)14(9-15(17)22-3)20-16(21)11-6-7-12-13(8-11)19-10-18-12/h6-8,10,14-15H,4-5,9H2,1-3H3,(H,18,19)(H,20,21). The van der Waals surface area contributed by atoms with Crippen molar-refractivity contribution in [3.63, 3.8) is 0 Å². The van der Waals surface area contributed by atoms with E-state index in [0.717, 1.165) is 30.3 Å². The van der Waals surface area contributed by atoms with Crippen LogP contribution in [0.4, 0.5) is 0 Å². The minimum Gasteiger partial charge on any atom is -0.381 e. The van der Waals surface area contributed by atoms with E-state index in [1.807, 2.05) is 18.2 Å². The van der Waals surface area contributed by atoms with Gasteiger partial charge in [0, 0.05) is 24.1 Å². The number of hydrogen-bond donors (Lipinski definition) is 2. The second-order valence-electron chi connectivity index (χ2n) is 6.06. The van der Waals surface area contributed by atoms with Gasteiger partial charge in [-0.15, -0.1) is 0 Å². The highest BCUT2D eigenvalue weighted by Gasteiger charge is 2.53. The summed E-state index contributed by atoms with van der Waals surface area (Å²) in [4.78, 5) is 19.8. The molecule has 1 amide bonds. The van der Waals surface area contributed by atoms with Gasteiger partial charge in [0.1, 0.15) is 0 Å². The van der Waals surface area contributed by atoms with Crippen LogP contribution in [-0.2, 0) is 4.74 Å². The molecule has 118 valence electrons. The zero-order chi connectivity index (χ0) is 15.7. The van der Waals surface area contributed by atoms with E-state index in [-0.39, 0.29) is 23.5 Å². The Bertz CT molecular complexity index is 675. The Labute approximate surface area is 130 Å². The lowest BCUT2D eigenvalue weighted by molar-refractivity contribution is -0.120. The lowest BCUT2D eigenvalue weighted by atomic mass is 9.58. The molecule has 5 nitrogen and oxygen atoms in total. The summed E-state index contributed by atoms with van der Waals surface area (Å²) in [5.41, 5.74) is 2.48. The number of fused-ring (bicyclic) bond motifs is 1. The fourth-order valence-corrected chi connectivity index (χ4v) is 3.80. The van der Waals surface area contributed by atoms with Crippen molar-refractivity contribution >= 4 is 16.9 Å². The highest BCUT2D eigenvalue weighted by molar-refractivity contribution is 5.97. The van der Waals surface area contributed by atoms with Crippen LogP contribution in [0.15, 0.2) is 24.5 Å². The highest BCUT2D eigenvalue weighted by Crippen LogP contribution is 2.48. The largest absolute Gasteiger partial charge is 0.381 e. The minimum atomic E-state index is -0.0256. The van der Waals surface area contributed by atoms with Crippen LogP contribution in [0.25, 0.3) is 11.0 Å². The number of ether oxygens (including phenoxy) is 1. The Morgan fingerprint density at radius 1 is 1.45 bits per heavy atom. The number of imidazole rings is 1. The molecule has 0 radical (unpaired) electrons. The molecule has 2 atom stereocenters. The summed E-state index contributed by atoms with van der Waals surface area (Å²) in [7, 11) is 1.76. The van der Waals surface area contributed by atoms with Crippen molar-refractivity contribution in [2.75, 3.05) is 7.11 Å². The molecule has 2 aromatic rings. The summed E-state index contributed by atoms with van der Waals surface area (Å²) < 4.78 is 5.58. The predicted octanol–water partition coefficient (Wildman–Crippen LogP) is 2.89. The summed E-state index contributed by atoms with van der Waals surface area (Å²) in [6.45, 7) is 4.34. The number of carbonyl (C=O) groups excluding carboxylic acids is 1. The number of carbonyl (C=O) groups is 1. The number of methoxy groups -OCH3 is 1. The fourth-order valence-electron chi connectivity index (χ4n) is 3.80. The second-order valence-corrected chi connectivity index (χ2v) is 6.06. The summed E-state index contributed by atoms with van der Waals surface area (Å²) in [5, 5.41) is 3.19. The van der Waals surface area contributed by atoms with Crippen LogP contribution in [0.3, 0.4) is 0 Å². The van der Waals surface area contributed by atoms with E-state index < -0.39 is 0 Å². The lowest BCUT2D eigenvalue weighted by Gasteiger charge is -2.55. The van der Waals surface area contributed by atoms with E-state index in [2.05, 4.69) is 29.1 Å². The molecule has 1 aliphatic rings. The molecule has 2 N–H and O–H groups in total. The number of nitrogens with zero attached hydrogens (tertiary/aromatic N) is 1. The van der Waals surface area contributed by atoms with Crippen LogP contribution in [0.2, 0.25) is 0 Å². The van der Waals surface area contributed by atoms with E-state index in [1.54, 1.807) is 13.4 Å². The van der Waals surface area contributed by atoms with Gasteiger partial charge >= 0.3 is 0 Å². The molecule has 1 heterocycles. The quantitative estimate of drug-likeness (QED) is 0.892. The normalized spacial score (nSPS) is 23.2. The molecule has 1 aromatic heterocycles.